The van der Waals surface area contributed by atoms with Crippen LogP contribution in [-0.4, -0.2) is 48.7 Å². The number of halogens is 1. The van der Waals surface area contributed by atoms with Crippen molar-refractivity contribution >= 4 is 33.9 Å². The number of fused-ring (bicyclic) bond motifs is 2. The van der Waals surface area contributed by atoms with Crippen molar-refractivity contribution in [2.45, 2.75) is 13.0 Å². The lowest BCUT2D eigenvalue weighted by Crippen LogP contribution is -2.36. The van der Waals surface area contributed by atoms with Crippen LogP contribution in [0, 0.1) is 0 Å². The van der Waals surface area contributed by atoms with Crippen LogP contribution in [0.2, 0.25) is 5.02 Å². The number of benzene rings is 2. The molecule has 0 N–H and O–H groups in total. The lowest BCUT2D eigenvalue weighted by atomic mass is 10.0. The largest absolute Gasteiger partial charge is 0.467 e. The molecule has 154 valence electrons. The second-order valence-electron chi connectivity index (χ2n) is 7.72. The Hall–Kier alpha value is -2.99. The third-order valence-corrected chi connectivity index (χ3v) is 6.16. The topological polar surface area (TPSA) is 44.7 Å². The van der Waals surface area contributed by atoms with Crippen LogP contribution < -0.4 is 14.5 Å². The average Bonchev–Trinajstić information content (AvgIpc) is 2.78. The van der Waals surface area contributed by atoms with Gasteiger partial charge in [0.2, 0.25) is 0 Å². The van der Waals surface area contributed by atoms with Gasteiger partial charge in [0.25, 0.3) is 0 Å². The highest BCUT2D eigenvalue weighted by Gasteiger charge is 2.26. The zero-order chi connectivity index (χ0) is 20.7. The summed E-state index contributed by atoms with van der Waals surface area (Å²) < 4.78 is 5.44. The maximum atomic E-state index is 6.58. The Morgan fingerprint density at radius 1 is 1.00 bits per heavy atom. The van der Waals surface area contributed by atoms with E-state index in [4.69, 9.17) is 26.3 Å². The molecule has 0 fully saturated rings. The van der Waals surface area contributed by atoms with Crippen LogP contribution in [0.1, 0.15) is 11.3 Å². The molecule has 1 aromatic heterocycles. The van der Waals surface area contributed by atoms with Crippen molar-refractivity contribution in [2.75, 3.05) is 43.6 Å². The Morgan fingerprint density at radius 3 is 2.60 bits per heavy atom. The molecule has 3 heterocycles. The van der Waals surface area contributed by atoms with Gasteiger partial charge in [-0.2, -0.15) is 9.97 Å². The predicted octanol–water partition coefficient (Wildman–Crippen LogP) is 4.08. The van der Waals surface area contributed by atoms with Crippen LogP contribution in [0.25, 0.3) is 10.8 Å². The van der Waals surface area contributed by atoms with Crippen molar-refractivity contribution in [1.29, 1.82) is 0 Å². The molecule has 0 atom stereocenters. The first kappa shape index (κ1) is 19.0. The van der Waals surface area contributed by atoms with Gasteiger partial charge in [0.1, 0.15) is 5.82 Å². The van der Waals surface area contributed by atoms with Gasteiger partial charge >= 0.3 is 6.01 Å². The Kier molecular flexibility index (Phi) is 4.87. The molecular weight excluding hydrogens is 398 g/mol. The van der Waals surface area contributed by atoms with E-state index < -0.39 is 0 Å². The van der Waals surface area contributed by atoms with E-state index in [1.54, 1.807) is 7.11 Å². The minimum atomic E-state index is 0.411. The maximum absolute atomic E-state index is 6.58. The van der Waals surface area contributed by atoms with E-state index in [1.807, 2.05) is 12.1 Å². The van der Waals surface area contributed by atoms with Gasteiger partial charge in [0, 0.05) is 55.7 Å². The summed E-state index contributed by atoms with van der Waals surface area (Å²) in [5.41, 5.74) is 3.36. The second-order valence-corrected chi connectivity index (χ2v) is 8.13. The van der Waals surface area contributed by atoms with Crippen molar-refractivity contribution in [3.63, 3.8) is 0 Å². The average molecular weight is 422 g/mol. The fourth-order valence-corrected chi connectivity index (χ4v) is 4.53. The van der Waals surface area contributed by atoms with Crippen molar-refractivity contribution in [1.82, 2.24) is 14.9 Å². The summed E-state index contributed by atoms with van der Waals surface area (Å²) in [5.74, 6) is 0.955. The summed E-state index contributed by atoms with van der Waals surface area (Å²) in [4.78, 5) is 16.1. The number of aromatic nitrogens is 2. The zero-order valence-electron chi connectivity index (χ0n) is 17.2. The predicted molar refractivity (Wildman–Crippen MR) is 121 cm³/mol. The van der Waals surface area contributed by atoms with E-state index in [0.717, 1.165) is 59.0 Å². The first-order valence-electron chi connectivity index (χ1n) is 10.1. The van der Waals surface area contributed by atoms with Crippen LogP contribution in [0.4, 0.5) is 11.5 Å². The smallest absolute Gasteiger partial charge is 0.318 e. The first-order valence-corrected chi connectivity index (χ1v) is 10.5. The Bertz CT molecular complexity index is 1130. The van der Waals surface area contributed by atoms with Gasteiger partial charge in [-0.25, -0.2) is 0 Å². The SMILES string of the molecule is COc1nc2c(c(N3C=CN(C)CC3)n1)CCN(c1cccc3cccc(Cl)c13)C2. The van der Waals surface area contributed by atoms with Gasteiger partial charge in [0.15, 0.2) is 0 Å². The number of rotatable bonds is 3. The number of likely N-dealkylation sites (N-methyl/N-ethyl adjacent to an activating group) is 1. The van der Waals surface area contributed by atoms with Crippen molar-refractivity contribution in [3.05, 3.63) is 65.1 Å². The molecular formula is C23H24ClN5O. The van der Waals surface area contributed by atoms with Crippen LogP contribution in [0.15, 0.2) is 48.8 Å². The number of anilines is 2. The molecule has 3 aromatic rings. The molecule has 6 nitrogen and oxygen atoms in total. The number of methoxy groups -OCH3 is 1. The number of nitrogens with zero attached hydrogens (tertiary/aromatic N) is 5. The summed E-state index contributed by atoms with van der Waals surface area (Å²) in [6.07, 6.45) is 5.04. The fraction of sp³-hybridized carbons (Fsp3) is 0.304. The monoisotopic (exact) mass is 421 g/mol. The second kappa shape index (κ2) is 7.69. The van der Waals surface area contributed by atoms with Crippen LogP contribution in [0.3, 0.4) is 0 Å². The van der Waals surface area contributed by atoms with E-state index in [-0.39, 0.29) is 0 Å². The number of hydrogen-bond acceptors (Lipinski definition) is 6. The lowest BCUT2D eigenvalue weighted by molar-refractivity contribution is 0.376. The molecule has 0 amide bonds. The summed E-state index contributed by atoms with van der Waals surface area (Å²) in [6.45, 7) is 3.43. The molecule has 0 radical (unpaired) electrons. The Labute approximate surface area is 181 Å². The normalized spacial score (nSPS) is 16.2. The highest BCUT2D eigenvalue weighted by molar-refractivity contribution is 6.36. The van der Waals surface area contributed by atoms with Crippen molar-refractivity contribution in [3.8, 4) is 6.01 Å². The molecule has 2 aliphatic rings. The summed E-state index contributed by atoms with van der Waals surface area (Å²) in [6, 6.07) is 12.8. The Balaban J connectivity index is 1.55. The summed E-state index contributed by atoms with van der Waals surface area (Å²) in [7, 11) is 3.70. The van der Waals surface area contributed by atoms with Crippen LogP contribution >= 0.6 is 11.6 Å². The molecule has 5 rings (SSSR count). The van der Waals surface area contributed by atoms with E-state index in [1.165, 1.54) is 5.56 Å². The molecule has 0 saturated carbocycles. The molecule has 30 heavy (non-hydrogen) atoms. The highest BCUT2D eigenvalue weighted by Crippen LogP contribution is 2.37. The molecule has 0 saturated heterocycles. The van der Waals surface area contributed by atoms with Gasteiger partial charge in [-0.3, -0.25) is 0 Å². The first-order chi connectivity index (χ1) is 14.6. The van der Waals surface area contributed by atoms with Gasteiger partial charge in [-0.1, -0.05) is 35.9 Å². The third-order valence-electron chi connectivity index (χ3n) is 5.84. The van der Waals surface area contributed by atoms with Gasteiger partial charge in [-0.15, -0.1) is 0 Å². The van der Waals surface area contributed by atoms with Crippen molar-refractivity contribution < 1.29 is 4.74 Å². The number of ether oxygens (including phenoxy) is 1. The van der Waals surface area contributed by atoms with E-state index >= 15 is 0 Å². The van der Waals surface area contributed by atoms with Crippen LogP contribution in [-0.2, 0) is 13.0 Å². The zero-order valence-corrected chi connectivity index (χ0v) is 17.9. The molecule has 7 heteroatoms. The minimum Gasteiger partial charge on any atom is -0.467 e. The van der Waals surface area contributed by atoms with E-state index in [9.17, 15) is 0 Å². The molecule has 0 spiro atoms. The molecule has 0 unspecified atom stereocenters. The van der Waals surface area contributed by atoms with Crippen LogP contribution in [0.5, 0.6) is 6.01 Å². The van der Waals surface area contributed by atoms with Crippen molar-refractivity contribution in [2.24, 2.45) is 0 Å². The number of hydrogen-bond donors (Lipinski definition) is 0. The van der Waals surface area contributed by atoms with E-state index in [0.29, 0.717) is 12.6 Å². The lowest BCUT2D eigenvalue weighted by Gasteiger charge is -2.34. The third kappa shape index (κ3) is 3.31. The standard InChI is InChI=1S/C23H24ClN5O/c1-27-11-13-28(14-12-27)22-17-9-10-29(15-19(17)25-23(26-22)30-2)20-8-4-6-16-5-3-7-18(24)21(16)20/h3-8,11,13H,9-10,12,14-15H2,1-2H3. The minimum absolute atomic E-state index is 0.411. The molecule has 2 aromatic carbocycles. The summed E-state index contributed by atoms with van der Waals surface area (Å²) >= 11 is 6.58. The quantitative estimate of drug-likeness (QED) is 0.635. The van der Waals surface area contributed by atoms with Gasteiger partial charge < -0.3 is 19.4 Å². The molecule has 2 aliphatic heterocycles. The van der Waals surface area contributed by atoms with E-state index in [2.05, 4.69) is 58.4 Å². The van der Waals surface area contributed by atoms with Gasteiger partial charge in [-0.05, 0) is 23.9 Å². The molecule has 0 aliphatic carbocycles. The summed E-state index contributed by atoms with van der Waals surface area (Å²) in [5, 5.41) is 3.01. The highest BCUT2D eigenvalue weighted by atomic mass is 35.5. The fourth-order valence-electron chi connectivity index (χ4n) is 4.25. The van der Waals surface area contributed by atoms with Gasteiger partial charge in [0.05, 0.1) is 24.4 Å². The maximum Gasteiger partial charge on any atom is 0.318 e. The molecule has 0 bridgehead atoms. The Morgan fingerprint density at radius 2 is 1.83 bits per heavy atom.